The number of aryl methyl sites for hydroxylation is 1. The monoisotopic (exact) mass is 277 g/mol. The Balaban J connectivity index is 2.33. The van der Waals surface area contributed by atoms with E-state index in [0.717, 1.165) is 11.1 Å². The molecule has 1 nitrogen and oxygen atoms in total. The first-order valence-electron chi connectivity index (χ1n) is 6.19. The molecule has 0 spiro atoms. The zero-order valence-electron chi connectivity index (χ0n) is 11.1. The van der Waals surface area contributed by atoms with Gasteiger partial charge in [0.2, 0.25) is 0 Å². The van der Waals surface area contributed by atoms with Crippen molar-refractivity contribution < 1.29 is 4.39 Å². The van der Waals surface area contributed by atoms with Crippen LogP contribution >= 0.6 is 11.6 Å². The normalized spacial score (nSPS) is 14.2. The Kier molecular flexibility index (Phi) is 3.93. The van der Waals surface area contributed by atoms with Crippen molar-refractivity contribution in [1.82, 2.24) is 0 Å². The highest BCUT2D eigenvalue weighted by atomic mass is 35.5. The zero-order chi connectivity index (χ0) is 14.0. The summed E-state index contributed by atoms with van der Waals surface area (Å²) in [6.45, 7) is 3.80. The number of benzene rings is 2. The lowest BCUT2D eigenvalue weighted by atomic mass is 9.86. The summed E-state index contributed by atoms with van der Waals surface area (Å²) >= 11 is 6.21. The van der Waals surface area contributed by atoms with Crippen LogP contribution in [0.3, 0.4) is 0 Å². The third-order valence-corrected chi connectivity index (χ3v) is 3.61. The molecule has 1 atom stereocenters. The van der Waals surface area contributed by atoms with Crippen LogP contribution in [0.1, 0.15) is 23.6 Å². The second-order valence-corrected chi connectivity index (χ2v) is 5.58. The van der Waals surface area contributed by atoms with E-state index in [1.165, 1.54) is 6.07 Å². The fourth-order valence-corrected chi connectivity index (χ4v) is 2.51. The maximum atomic E-state index is 13.8. The van der Waals surface area contributed by atoms with E-state index < -0.39 is 5.54 Å². The molecule has 0 fully saturated rings. The Labute approximate surface area is 118 Å². The molecule has 2 aromatic carbocycles. The summed E-state index contributed by atoms with van der Waals surface area (Å²) in [7, 11) is 0. The average molecular weight is 278 g/mol. The SMILES string of the molecule is Cc1ccc(CC(C)(N)c2ccccc2F)c(Cl)c1. The van der Waals surface area contributed by atoms with Crippen LogP contribution in [0.25, 0.3) is 0 Å². The number of rotatable bonds is 3. The van der Waals surface area contributed by atoms with E-state index in [0.29, 0.717) is 17.0 Å². The number of hydrogen-bond acceptors (Lipinski definition) is 1. The van der Waals surface area contributed by atoms with Crippen molar-refractivity contribution in [3.63, 3.8) is 0 Å². The highest BCUT2D eigenvalue weighted by Crippen LogP contribution is 2.28. The fourth-order valence-electron chi connectivity index (χ4n) is 2.21. The fraction of sp³-hybridized carbons (Fsp3) is 0.250. The highest BCUT2D eigenvalue weighted by molar-refractivity contribution is 6.31. The third-order valence-electron chi connectivity index (χ3n) is 3.26. The van der Waals surface area contributed by atoms with Gasteiger partial charge in [0.1, 0.15) is 5.82 Å². The lowest BCUT2D eigenvalue weighted by molar-refractivity contribution is 0.457. The van der Waals surface area contributed by atoms with Gasteiger partial charge >= 0.3 is 0 Å². The molecule has 0 saturated heterocycles. The maximum Gasteiger partial charge on any atom is 0.128 e. The lowest BCUT2D eigenvalue weighted by Crippen LogP contribution is -2.36. The van der Waals surface area contributed by atoms with Crippen molar-refractivity contribution in [2.75, 3.05) is 0 Å². The summed E-state index contributed by atoms with van der Waals surface area (Å²) in [6.07, 6.45) is 0.493. The van der Waals surface area contributed by atoms with E-state index >= 15 is 0 Å². The van der Waals surface area contributed by atoms with E-state index in [1.54, 1.807) is 18.2 Å². The van der Waals surface area contributed by atoms with Crippen molar-refractivity contribution in [2.24, 2.45) is 5.73 Å². The average Bonchev–Trinajstić information content (AvgIpc) is 2.33. The van der Waals surface area contributed by atoms with Crippen molar-refractivity contribution in [3.05, 3.63) is 70.0 Å². The van der Waals surface area contributed by atoms with E-state index in [2.05, 4.69) is 0 Å². The Morgan fingerprint density at radius 1 is 1.21 bits per heavy atom. The van der Waals surface area contributed by atoms with E-state index in [4.69, 9.17) is 17.3 Å². The third kappa shape index (κ3) is 3.14. The first-order chi connectivity index (χ1) is 8.90. The van der Waals surface area contributed by atoms with Gasteiger partial charge in [-0.25, -0.2) is 4.39 Å². The number of halogens is 2. The molecule has 0 aliphatic rings. The van der Waals surface area contributed by atoms with E-state index in [1.807, 2.05) is 32.0 Å². The molecule has 0 aliphatic heterocycles. The van der Waals surface area contributed by atoms with Crippen LogP contribution in [-0.4, -0.2) is 0 Å². The molecule has 0 radical (unpaired) electrons. The Bertz CT molecular complexity index is 593. The van der Waals surface area contributed by atoms with E-state index in [-0.39, 0.29) is 5.82 Å². The van der Waals surface area contributed by atoms with Gasteiger partial charge in [0.05, 0.1) is 0 Å². The van der Waals surface area contributed by atoms with Crippen molar-refractivity contribution in [1.29, 1.82) is 0 Å². The summed E-state index contributed by atoms with van der Waals surface area (Å²) in [4.78, 5) is 0. The van der Waals surface area contributed by atoms with Gasteiger partial charge in [-0.05, 0) is 43.5 Å². The molecular formula is C16H17ClFN. The Hall–Kier alpha value is -1.38. The van der Waals surface area contributed by atoms with Crippen LogP contribution in [0.5, 0.6) is 0 Å². The summed E-state index contributed by atoms with van der Waals surface area (Å²) < 4.78 is 13.8. The summed E-state index contributed by atoms with van der Waals surface area (Å²) in [5.74, 6) is -0.282. The minimum atomic E-state index is -0.787. The molecule has 0 saturated carbocycles. The standard InChI is InChI=1S/C16H17ClFN/c1-11-7-8-12(14(17)9-11)10-16(2,19)13-5-3-4-6-15(13)18/h3-9H,10,19H2,1-2H3. The molecule has 1 unspecified atom stereocenters. The lowest BCUT2D eigenvalue weighted by Gasteiger charge is -2.26. The predicted molar refractivity (Wildman–Crippen MR) is 77.8 cm³/mol. The number of nitrogens with two attached hydrogens (primary N) is 1. The van der Waals surface area contributed by atoms with Crippen molar-refractivity contribution in [2.45, 2.75) is 25.8 Å². The largest absolute Gasteiger partial charge is 0.321 e. The Morgan fingerprint density at radius 3 is 2.53 bits per heavy atom. The predicted octanol–water partition coefficient (Wildman–Crippen LogP) is 4.20. The van der Waals surface area contributed by atoms with Crippen LogP contribution in [-0.2, 0) is 12.0 Å². The summed E-state index contributed by atoms with van der Waals surface area (Å²) in [6, 6.07) is 12.4. The quantitative estimate of drug-likeness (QED) is 0.894. The molecular weight excluding hydrogens is 261 g/mol. The van der Waals surface area contributed by atoms with Gasteiger partial charge in [0.25, 0.3) is 0 Å². The molecule has 19 heavy (non-hydrogen) atoms. The smallest absolute Gasteiger partial charge is 0.128 e. The van der Waals surface area contributed by atoms with Crippen LogP contribution in [0.15, 0.2) is 42.5 Å². The minimum Gasteiger partial charge on any atom is -0.321 e. The van der Waals surface area contributed by atoms with Gasteiger partial charge in [-0.3, -0.25) is 0 Å². The van der Waals surface area contributed by atoms with Gasteiger partial charge < -0.3 is 5.73 Å². The summed E-state index contributed by atoms with van der Waals surface area (Å²) in [5, 5.41) is 0.674. The van der Waals surface area contributed by atoms with Gasteiger partial charge in [-0.2, -0.15) is 0 Å². The van der Waals surface area contributed by atoms with Crippen LogP contribution < -0.4 is 5.73 Å². The van der Waals surface area contributed by atoms with Crippen LogP contribution in [0.2, 0.25) is 5.02 Å². The molecule has 0 aliphatic carbocycles. The van der Waals surface area contributed by atoms with Crippen LogP contribution in [0.4, 0.5) is 4.39 Å². The van der Waals surface area contributed by atoms with Gasteiger partial charge in [-0.1, -0.05) is 41.9 Å². The molecule has 0 bridgehead atoms. The van der Waals surface area contributed by atoms with E-state index in [9.17, 15) is 4.39 Å². The molecule has 0 heterocycles. The highest BCUT2D eigenvalue weighted by Gasteiger charge is 2.25. The van der Waals surface area contributed by atoms with Gasteiger partial charge in [0, 0.05) is 16.1 Å². The first kappa shape index (κ1) is 14.0. The first-order valence-corrected chi connectivity index (χ1v) is 6.57. The zero-order valence-corrected chi connectivity index (χ0v) is 11.8. The minimum absolute atomic E-state index is 0.282. The van der Waals surface area contributed by atoms with Gasteiger partial charge in [0.15, 0.2) is 0 Å². The topological polar surface area (TPSA) is 26.0 Å². The molecule has 100 valence electrons. The molecule has 2 aromatic rings. The molecule has 2 rings (SSSR count). The molecule has 2 N–H and O–H groups in total. The molecule has 0 aromatic heterocycles. The van der Waals surface area contributed by atoms with Crippen molar-refractivity contribution in [3.8, 4) is 0 Å². The summed E-state index contributed by atoms with van der Waals surface area (Å²) in [5.41, 5.74) is 8.02. The van der Waals surface area contributed by atoms with Gasteiger partial charge in [-0.15, -0.1) is 0 Å². The maximum absolute atomic E-state index is 13.8. The molecule has 3 heteroatoms. The Morgan fingerprint density at radius 2 is 1.89 bits per heavy atom. The number of hydrogen-bond donors (Lipinski definition) is 1. The second kappa shape index (κ2) is 5.32. The van der Waals surface area contributed by atoms with Crippen LogP contribution in [0, 0.1) is 12.7 Å². The van der Waals surface area contributed by atoms with Crippen molar-refractivity contribution >= 4 is 11.6 Å². The molecule has 0 amide bonds. The second-order valence-electron chi connectivity index (χ2n) is 5.17.